The van der Waals surface area contributed by atoms with Gasteiger partial charge in [-0.3, -0.25) is 4.79 Å². The van der Waals surface area contributed by atoms with Gasteiger partial charge in [0.2, 0.25) is 11.8 Å². The van der Waals surface area contributed by atoms with Crippen LogP contribution >= 0.6 is 0 Å². The fourth-order valence-corrected chi connectivity index (χ4v) is 6.18. The van der Waals surface area contributed by atoms with Crippen LogP contribution in [0.1, 0.15) is 42.7 Å². The summed E-state index contributed by atoms with van der Waals surface area (Å²) in [6.45, 7) is 13.1. The van der Waals surface area contributed by atoms with E-state index in [1.54, 1.807) is 4.90 Å². The summed E-state index contributed by atoms with van der Waals surface area (Å²) in [7, 11) is 4.01. The number of hydrogen-bond acceptors (Lipinski definition) is 8. The van der Waals surface area contributed by atoms with Crippen molar-refractivity contribution in [2.45, 2.75) is 51.7 Å². The van der Waals surface area contributed by atoms with Crippen LogP contribution in [0, 0.1) is 29.6 Å². The molecule has 9 heteroatoms. The molecule has 0 N–H and O–H groups in total. The zero-order valence-electron chi connectivity index (χ0n) is 26.4. The molecule has 3 heterocycles. The Balaban J connectivity index is 1.59. The van der Waals surface area contributed by atoms with Crippen LogP contribution in [0.4, 0.5) is 11.4 Å². The number of benzene rings is 2. The highest BCUT2D eigenvalue weighted by Crippen LogP contribution is 2.40. The number of pyridine rings is 1. The number of piperazine rings is 1. The van der Waals surface area contributed by atoms with Crippen molar-refractivity contribution >= 4 is 28.1 Å². The third-order valence-electron chi connectivity index (χ3n) is 9.19. The Kier molecular flexibility index (Phi) is 8.80. The standard InChI is InChI=1S/C35H41N7O2/c1-7-31(43)42-19-18-41(21-26(42)14-16-36)33-27-15-17-40(30-13-9-12-25-11-8-10-24(2)32(25)30)22-29(27)38-34(28(33)20-37)44-23-35(3,4)39(5)6/h7-13,26H,1,14-15,17-19,21-23H2,2-6H3. The van der Waals surface area contributed by atoms with Gasteiger partial charge in [-0.2, -0.15) is 10.5 Å². The first kappa shape index (κ1) is 30.8. The van der Waals surface area contributed by atoms with Crippen LogP contribution in [-0.4, -0.2) is 79.2 Å². The van der Waals surface area contributed by atoms with E-state index < -0.39 is 0 Å². The Bertz CT molecular complexity index is 1660. The quantitative estimate of drug-likeness (QED) is 0.344. The van der Waals surface area contributed by atoms with Gasteiger partial charge in [0.1, 0.15) is 18.2 Å². The fourth-order valence-electron chi connectivity index (χ4n) is 6.18. The minimum Gasteiger partial charge on any atom is -0.475 e. The molecule has 5 rings (SSSR count). The van der Waals surface area contributed by atoms with Crippen molar-refractivity contribution in [3.05, 3.63) is 71.4 Å². The van der Waals surface area contributed by atoms with Crippen molar-refractivity contribution in [3.8, 4) is 18.0 Å². The molecule has 0 aliphatic carbocycles. The van der Waals surface area contributed by atoms with E-state index in [1.165, 1.54) is 28.1 Å². The van der Waals surface area contributed by atoms with E-state index in [-0.39, 0.29) is 23.9 Å². The van der Waals surface area contributed by atoms with E-state index in [1.807, 2.05) is 14.1 Å². The second-order valence-corrected chi connectivity index (χ2v) is 12.5. The molecular weight excluding hydrogens is 550 g/mol. The summed E-state index contributed by atoms with van der Waals surface area (Å²) in [5.41, 5.74) is 5.25. The Morgan fingerprint density at radius 3 is 2.59 bits per heavy atom. The smallest absolute Gasteiger partial charge is 0.246 e. The van der Waals surface area contributed by atoms with Gasteiger partial charge >= 0.3 is 0 Å². The maximum Gasteiger partial charge on any atom is 0.246 e. The summed E-state index contributed by atoms with van der Waals surface area (Å²) in [5.74, 6) is 0.145. The third-order valence-corrected chi connectivity index (χ3v) is 9.19. The van der Waals surface area contributed by atoms with Gasteiger partial charge in [0, 0.05) is 48.4 Å². The lowest BCUT2D eigenvalue weighted by molar-refractivity contribution is -0.128. The van der Waals surface area contributed by atoms with Crippen molar-refractivity contribution in [1.29, 1.82) is 10.5 Å². The van der Waals surface area contributed by atoms with Crippen LogP contribution in [-0.2, 0) is 17.8 Å². The Labute approximate surface area is 260 Å². The predicted octanol–water partition coefficient (Wildman–Crippen LogP) is 4.81. The van der Waals surface area contributed by atoms with E-state index in [2.05, 4.69) is 90.6 Å². The van der Waals surface area contributed by atoms with Crippen molar-refractivity contribution in [2.75, 3.05) is 56.7 Å². The lowest BCUT2D eigenvalue weighted by Crippen LogP contribution is -2.55. The zero-order valence-corrected chi connectivity index (χ0v) is 26.4. The van der Waals surface area contributed by atoms with Gasteiger partial charge in [-0.15, -0.1) is 0 Å². The van der Waals surface area contributed by atoms with Crippen molar-refractivity contribution in [1.82, 2.24) is 14.8 Å². The number of carbonyl (C=O) groups excluding carboxylic acids is 1. The number of likely N-dealkylation sites (N-methyl/N-ethyl adjacent to an activating group) is 1. The molecule has 1 unspecified atom stereocenters. The Morgan fingerprint density at radius 2 is 1.91 bits per heavy atom. The number of anilines is 2. The molecular formula is C35H41N7O2. The number of hydrogen-bond donors (Lipinski definition) is 0. The number of fused-ring (bicyclic) bond motifs is 2. The molecule has 1 atom stereocenters. The normalized spacial score (nSPS) is 16.8. The van der Waals surface area contributed by atoms with Gasteiger partial charge in [-0.05, 0) is 64.4 Å². The first-order valence-corrected chi connectivity index (χ1v) is 15.1. The number of ether oxygens (including phenoxy) is 1. The summed E-state index contributed by atoms with van der Waals surface area (Å²) >= 11 is 0. The summed E-state index contributed by atoms with van der Waals surface area (Å²) in [6.07, 6.45) is 2.20. The molecule has 9 nitrogen and oxygen atoms in total. The molecule has 44 heavy (non-hydrogen) atoms. The van der Waals surface area contributed by atoms with Crippen LogP contribution < -0.4 is 14.5 Å². The Morgan fingerprint density at radius 1 is 1.16 bits per heavy atom. The summed E-state index contributed by atoms with van der Waals surface area (Å²) < 4.78 is 6.38. The van der Waals surface area contributed by atoms with Gasteiger partial charge in [0.25, 0.3) is 0 Å². The average molecular weight is 592 g/mol. The molecule has 2 aromatic carbocycles. The van der Waals surface area contributed by atoms with Crippen LogP contribution in [0.5, 0.6) is 5.88 Å². The first-order valence-electron chi connectivity index (χ1n) is 15.1. The maximum atomic E-state index is 12.6. The van der Waals surface area contributed by atoms with Crippen LogP contribution in [0.25, 0.3) is 10.8 Å². The van der Waals surface area contributed by atoms with Gasteiger partial charge in [0.15, 0.2) is 0 Å². The molecule has 0 spiro atoms. The number of amides is 1. The molecule has 1 fully saturated rings. The molecule has 2 aliphatic heterocycles. The van der Waals surface area contributed by atoms with Crippen molar-refractivity contribution in [2.24, 2.45) is 0 Å². The number of carbonyl (C=O) groups is 1. The minimum absolute atomic E-state index is 0.182. The molecule has 0 bridgehead atoms. The highest BCUT2D eigenvalue weighted by atomic mass is 16.5. The van der Waals surface area contributed by atoms with Crippen LogP contribution in [0.15, 0.2) is 49.1 Å². The zero-order chi connectivity index (χ0) is 31.6. The van der Waals surface area contributed by atoms with E-state index >= 15 is 0 Å². The summed E-state index contributed by atoms with van der Waals surface area (Å²) in [4.78, 5) is 26.0. The molecule has 1 aromatic heterocycles. The highest BCUT2D eigenvalue weighted by molar-refractivity contribution is 5.97. The average Bonchev–Trinajstić information content (AvgIpc) is 3.02. The van der Waals surface area contributed by atoms with Crippen LogP contribution in [0.3, 0.4) is 0 Å². The number of nitrogens with zero attached hydrogens (tertiary/aromatic N) is 7. The summed E-state index contributed by atoms with van der Waals surface area (Å²) in [5, 5.41) is 22.6. The molecule has 2 aliphatic rings. The van der Waals surface area contributed by atoms with Crippen molar-refractivity contribution < 1.29 is 9.53 Å². The van der Waals surface area contributed by atoms with E-state index in [9.17, 15) is 15.3 Å². The van der Waals surface area contributed by atoms with Gasteiger partial charge in [0.05, 0.1) is 36.5 Å². The molecule has 0 saturated carbocycles. The van der Waals surface area contributed by atoms with Crippen LogP contribution in [0.2, 0.25) is 0 Å². The second-order valence-electron chi connectivity index (χ2n) is 12.5. The lowest BCUT2D eigenvalue weighted by atomic mass is 9.95. The van der Waals surface area contributed by atoms with Gasteiger partial charge in [-0.25, -0.2) is 4.98 Å². The molecule has 1 amide bonds. The number of rotatable bonds is 8. The summed E-state index contributed by atoms with van der Waals surface area (Å²) in [6, 6.07) is 17.1. The topological polar surface area (TPSA) is 99.7 Å². The second kappa shape index (κ2) is 12.6. The number of aryl methyl sites for hydroxylation is 1. The number of nitriles is 2. The molecule has 3 aromatic rings. The number of aromatic nitrogens is 1. The first-order chi connectivity index (χ1) is 21.1. The van der Waals surface area contributed by atoms with Gasteiger partial charge in [-0.1, -0.05) is 36.9 Å². The Hall–Kier alpha value is -4.60. The van der Waals surface area contributed by atoms with E-state index in [0.29, 0.717) is 50.7 Å². The van der Waals surface area contributed by atoms with Crippen molar-refractivity contribution in [3.63, 3.8) is 0 Å². The largest absolute Gasteiger partial charge is 0.475 e. The maximum absolute atomic E-state index is 12.6. The van der Waals surface area contributed by atoms with E-state index in [0.717, 1.165) is 23.5 Å². The fraction of sp³-hybridized carbons (Fsp3) is 0.429. The molecule has 1 saturated heterocycles. The minimum atomic E-state index is -0.314. The monoisotopic (exact) mass is 591 g/mol. The van der Waals surface area contributed by atoms with E-state index in [4.69, 9.17) is 9.72 Å². The lowest BCUT2D eigenvalue weighted by Gasteiger charge is -2.43. The highest BCUT2D eigenvalue weighted by Gasteiger charge is 2.35. The van der Waals surface area contributed by atoms with Gasteiger partial charge < -0.3 is 24.3 Å². The SMILES string of the molecule is C=CC(=O)N1CCN(c2c(C#N)c(OCC(C)(C)N(C)C)nc3c2CCN(c2cccc4cccc(C)c24)C3)CC1CC#N. The molecule has 0 radical (unpaired) electrons. The third kappa shape index (κ3) is 5.80. The predicted molar refractivity (Wildman–Crippen MR) is 174 cm³/mol. The molecule has 228 valence electrons.